The molecule has 2 atom stereocenters. The van der Waals surface area contributed by atoms with E-state index >= 15 is 0 Å². The van der Waals surface area contributed by atoms with E-state index in [0.29, 0.717) is 12.2 Å². The van der Waals surface area contributed by atoms with E-state index in [4.69, 9.17) is 0 Å². The number of nitrogens with one attached hydrogen (secondary N) is 2. The Morgan fingerprint density at radius 2 is 1.86 bits per heavy atom. The third-order valence-electron chi connectivity index (χ3n) is 5.00. The fraction of sp³-hybridized carbons (Fsp3) is 0.273. The largest absolute Gasteiger partial charge is 0.480 e. The van der Waals surface area contributed by atoms with E-state index < -0.39 is 12.0 Å². The number of H-pyrrole nitrogens is 1. The Kier molecular flexibility index (Phi) is 7.39. The van der Waals surface area contributed by atoms with Crippen molar-refractivity contribution in [2.75, 3.05) is 5.75 Å². The van der Waals surface area contributed by atoms with Crippen molar-refractivity contribution in [1.82, 2.24) is 10.3 Å². The van der Waals surface area contributed by atoms with Crippen molar-refractivity contribution in [1.29, 1.82) is 0 Å². The van der Waals surface area contributed by atoms with Gasteiger partial charge in [-0.05, 0) is 42.2 Å². The van der Waals surface area contributed by atoms with Gasteiger partial charge in [0.1, 0.15) is 6.04 Å². The monoisotopic (exact) mass is 474 g/mol. The highest BCUT2D eigenvalue weighted by Crippen LogP contribution is 2.20. The molecule has 5 nitrogen and oxygen atoms in total. The molecule has 0 saturated carbocycles. The molecule has 0 unspecified atom stereocenters. The number of carboxylic acid groups (broad SMARTS) is 1. The molecule has 1 heterocycles. The summed E-state index contributed by atoms with van der Waals surface area (Å²) < 4.78 is 1.01. The molecule has 0 aliphatic rings. The minimum absolute atomic E-state index is 0.219. The number of benzene rings is 2. The second-order valence-corrected chi connectivity index (χ2v) is 8.29. The third-order valence-corrected chi connectivity index (χ3v) is 5.97. The maximum atomic E-state index is 12.7. The van der Waals surface area contributed by atoms with Crippen LogP contribution in [0.25, 0.3) is 10.9 Å². The number of fused-ring (bicyclic) bond motifs is 1. The molecule has 0 fully saturated rings. The molecule has 0 aliphatic heterocycles. The quantitative estimate of drug-likeness (QED) is 0.350. The van der Waals surface area contributed by atoms with Crippen LogP contribution in [0.3, 0.4) is 0 Å². The lowest BCUT2D eigenvalue weighted by Gasteiger charge is -2.19. The standard InChI is InChI=1S/C22H23BrN2O3S/c23-17-9-6-14(7-10-17)5-8-15(13-29)21(26)25-20(22(27)28)11-16-12-24-19-4-2-1-3-18(16)19/h1-4,6-7,9-10,12,15,20,24,29H,5,8,11,13H2,(H,25,26)(H,27,28)/t15-,20-/m1/s1. The first-order valence-corrected chi connectivity index (χ1v) is 10.8. The zero-order valence-electron chi connectivity index (χ0n) is 15.8. The second kappa shape index (κ2) is 9.98. The molecule has 2 aromatic carbocycles. The number of halogens is 1. The summed E-state index contributed by atoms with van der Waals surface area (Å²) >= 11 is 7.72. The summed E-state index contributed by atoms with van der Waals surface area (Å²) in [5.74, 6) is -1.31. The third kappa shape index (κ3) is 5.64. The summed E-state index contributed by atoms with van der Waals surface area (Å²) in [5.41, 5.74) is 2.94. The molecule has 0 saturated heterocycles. The van der Waals surface area contributed by atoms with Crippen LogP contribution in [0.4, 0.5) is 0 Å². The van der Waals surface area contributed by atoms with Gasteiger partial charge < -0.3 is 15.4 Å². The van der Waals surface area contributed by atoms with Crippen LogP contribution >= 0.6 is 28.6 Å². The number of aliphatic carboxylic acids is 1. The predicted octanol–water partition coefficient (Wildman–Crippen LogP) is 4.22. The highest BCUT2D eigenvalue weighted by molar-refractivity contribution is 9.10. The van der Waals surface area contributed by atoms with Crippen molar-refractivity contribution in [3.63, 3.8) is 0 Å². The number of hydrogen-bond donors (Lipinski definition) is 4. The van der Waals surface area contributed by atoms with Gasteiger partial charge in [-0.25, -0.2) is 4.79 Å². The number of aromatic nitrogens is 1. The number of carbonyl (C=O) groups is 2. The van der Waals surface area contributed by atoms with Gasteiger partial charge in [0, 0.05) is 39.7 Å². The van der Waals surface area contributed by atoms with Gasteiger partial charge in [-0.1, -0.05) is 46.3 Å². The SMILES string of the molecule is O=C(N[C@H](Cc1c[nH]c2ccccc12)C(=O)O)[C@@H](CS)CCc1ccc(Br)cc1. The van der Waals surface area contributed by atoms with Crippen molar-refractivity contribution in [3.05, 3.63) is 70.3 Å². The smallest absolute Gasteiger partial charge is 0.326 e. The fourth-order valence-electron chi connectivity index (χ4n) is 3.31. The first-order chi connectivity index (χ1) is 14.0. The number of carbonyl (C=O) groups excluding carboxylic acids is 1. The number of aryl methyl sites for hydroxylation is 1. The maximum Gasteiger partial charge on any atom is 0.326 e. The molecule has 7 heteroatoms. The van der Waals surface area contributed by atoms with Crippen LogP contribution in [0.5, 0.6) is 0 Å². The van der Waals surface area contributed by atoms with Crippen molar-refractivity contribution in [3.8, 4) is 0 Å². The lowest BCUT2D eigenvalue weighted by atomic mass is 9.99. The Balaban J connectivity index is 1.64. The highest BCUT2D eigenvalue weighted by atomic mass is 79.9. The molecule has 3 rings (SSSR count). The normalized spacial score (nSPS) is 13.2. The van der Waals surface area contributed by atoms with Gasteiger partial charge in [-0.15, -0.1) is 0 Å². The van der Waals surface area contributed by atoms with Gasteiger partial charge in [-0.3, -0.25) is 4.79 Å². The molecule has 29 heavy (non-hydrogen) atoms. The molecule has 1 aromatic heterocycles. The summed E-state index contributed by atoms with van der Waals surface area (Å²) in [6.07, 6.45) is 3.36. The van der Waals surface area contributed by atoms with E-state index in [-0.39, 0.29) is 18.2 Å². The number of aromatic amines is 1. The Bertz CT molecular complexity index is 987. The van der Waals surface area contributed by atoms with E-state index in [0.717, 1.165) is 32.9 Å². The van der Waals surface area contributed by atoms with Crippen LogP contribution in [-0.4, -0.2) is 33.8 Å². The summed E-state index contributed by atoms with van der Waals surface area (Å²) in [7, 11) is 0. The van der Waals surface area contributed by atoms with Gasteiger partial charge in [0.15, 0.2) is 0 Å². The van der Waals surface area contributed by atoms with Crippen LogP contribution in [0.1, 0.15) is 17.5 Å². The number of hydrogen-bond acceptors (Lipinski definition) is 3. The number of para-hydroxylation sites is 1. The van der Waals surface area contributed by atoms with Crippen LogP contribution < -0.4 is 5.32 Å². The molecule has 0 spiro atoms. The van der Waals surface area contributed by atoms with Gasteiger partial charge in [0.2, 0.25) is 5.91 Å². The van der Waals surface area contributed by atoms with Crippen LogP contribution in [0.15, 0.2) is 59.2 Å². The minimum atomic E-state index is -1.05. The number of amides is 1. The van der Waals surface area contributed by atoms with E-state index in [1.807, 2.05) is 48.5 Å². The maximum absolute atomic E-state index is 12.7. The molecule has 0 bridgehead atoms. The second-order valence-electron chi connectivity index (χ2n) is 7.01. The van der Waals surface area contributed by atoms with E-state index in [9.17, 15) is 14.7 Å². The van der Waals surface area contributed by atoms with Crippen molar-refractivity contribution < 1.29 is 14.7 Å². The van der Waals surface area contributed by atoms with Gasteiger partial charge in [0.25, 0.3) is 0 Å². The summed E-state index contributed by atoms with van der Waals surface area (Å²) in [4.78, 5) is 27.6. The van der Waals surface area contributed by atoms with Crippen molar-refractivity contribution in [2.24, 2.45) is 5.92 Å². The zero-order valence-corrected chi connectivity index (χ0v) is 18.2. The Hall–Kier alpha value is -2.25. The molecule has 3 aromatic rings. The number of carboxylic acids is 1. The van der Waals surface area contributed by atoms with E-state index in [2.05, 4.69) is 38.9 Å². The number of thiol groups is 1. The lowest BCUT2D eigenvalue weighted by Crippen LogP contribution is -2.45. The molecule has 3 N–H and O–H groups in total. The molecule has 0 radical (unpaired) electrons. The van der Waals surface area contributed by atoms with E-state index in [1.54, 1.807) is 6.20 Å². The molecule has 1 amide bonds. The first kappa shape index (κ1) is 21.5. The van der Waals surface area contributed by atoms with Crippen molar-refractivity contribution >= 4 is 51.3 Å². The molecular weight excluding hydrogens is 452 g/mol. The molecule has 152 valence electrons. The Labute approximate surface area is 183 Å². The van der Waals surface area contributed by atoms with Crippen LogP contribution in [-0.2, 0) is 22.4 Å². The van der Waals surface area contributed by atoms with Crippen LogP contribution in [0.2, 0.25) is 0 Å². The van der Waals surface area contributed by atoms with Gasteiger partial charge in [-0.2, -0.15) is 12.6 Å². The topological polar surface area (TPSA) is 82.2 Å². The summed E-state index contributed by atoms with van der Waals surface area (Å²) in [6.45, 7) is 0. The number of rotatable bonds is 9. The zero-order chi connectivity index (χ0) is 20.8. The average molecular weight is 475 g/mol. The lowest BCUT2D eigenvalue weighted by molar-refractivity contribution is -0.142. The summed E-state index contributed by atoms with van der Waals surface area (Å²) in [6, 6.07) is 14.7. The van der Waals surface area contributed by atoms with Gasteiger partial charge in [0.05, 0.1) is 0 Å². The predicted molar refractivity (Wildman–Crippen MR) is 121 cm³/mol. The van der Waals surface area contributed by atoms with E-state index in [1.165, 1.54) is 0 Å². The minimum Gasteiger partial charge on any atom is -0.480 e. The average Bonchev–Trinajstić information content (AvgIpc) is 3.12. The molecule has 0 aliphatic carbocycles. The fourth-order valence-corrected chi connectivity index (χ4v) is 3.92. The van der Waals surface area contributed by atoms with Crippen LogP contribution in [0, 0.1) is 5.92 Å². The molecular formula is C22H23BrN2O3S. The Morgan fingerprint density at radius 1 is 1.14 bits per heavy atom. The first-order valence-electron chi connectivity index (χ1n) is 9.41. The summed E-state index contributed by atoms with van der Waals surface area (Å²) in [5, 5.41) is 13.3. The van der Waals surface area contributed by atoms with Gasteiger partial charge >= 0.3 is 5.97 Å². The highest BCUT2D eigenvalue weighted by Gasteiger charge is 2.25. The Morgan fingerprint density at radius 3 is 2.55 bits per heavy atom. The van der Waals surface area contributed by atoms with Crippen molar-refractivity contribution in [2.45, 2.75) is 25.3 Å².